The maximum atomic E-state index is 13.0. The lowest BCUT2D eigenvalue weighted by molar-refractivity contribution is -0.137. The Bertz CT molecular complexity index is 1340. The van der Waals surface area contributed by atoms with Crippen molar-refractivity contribution in [2.45, 2.75) is 56.7 Å². The minimum absolute atomic E-state index is 0.0107. The van der Waals surface area contributed by atoms with E-state index in [0.717, 1.165) is 73.7 Å². The van der Waals surface area contributed by atoms with Gasteiger partial charge in [0.15, 0.2) is 6.10 Å². The van der Waals surface area contributed by atoms with Gasteiger partial charge in [-0.1, -0.05) is 6.07 Å². The van der Waals surface area contributed by atoms with Crippen molar-refractivity contribution >= 4 is 11.6 Å². The number of carbonyl (C=O) groups excluding carboxylic acids is 1. The molecule has 6 rings (SSSR count). The van der Waals surface area contributed by atoms with E-state index in [1.807, 2.05) is 36.4 Å². The first kappa shape index (κ1) is 27.4. The Morgan fingerprint density at radius 2 is 1.83 bits per heavy atom. The van der Waals surface area contributed by atoms with E-state index in [9.17, 15) is 18.0 Å². The zero-order chi connectivity index (χ0) is 28.4. The summed E-state index contributed by atoms with van der Waals surface area (Å²) < 4.78 is 50.8. The number of aromatic nitrogens is 1. The summed E-state index contributed by atoms with van der Waals surface area (Å²) in [6.07, 6.45) is -0.164. The van der Waals surface area contributed by atoms with Crippen LogP contribution in [0.15, 0.2) is 66.9 Å². The molecule has 7 nitrogen and oxygen atoms in total. The fourth-order valence-corrected chi connectivity index (χ4v) is 5.84. The fraction of sp³-hybridized carbons (Fsp3) is 0.419. The van der Waals surface area contributed by atoms with Crippen LogP contribution in [-0.4, -0.2) is 60.2 Å². The Kier molecular flexibility index (Phi) is 7.75. The van der Waals surface area contributed by atoms with E-state index in [2.05, 4.69) is 20.1 Å². The largest absolute Gasteiger partial charge is 0.490 e. The average molecular weight is 567 g/mol. The molecule has 1 amide bonds. The average Bonchev–Trinajstić information content (AvgIpc) is 3.60. The van der Waals surface area contributed by atoms with Gasteiger partial charge >= 0.3 is 6.18 Å². The molecular weight excluding hydrogens is 533 g/mol. The van der Waals surface area contributed by atoms with Gasteiger partial charge in [-0.2, -0.15) is 13.2 Å². The summed E-state index contributed by atoms with van der Waals surface area (Å²) in [5.41, 5.74) is 2.13. The van der Waals surface area contributed by atoms with E-state index in [4.69, 9.17) is 9.47 Å². The standard InChI is InChI=1S/C31H33F3N4O3/c32-31(33,34)22-4-6-25(7-5-22)38-15-11-26(12-16-38)40-27-8-9-28-21(17-27)18-29(41-28)30(39)36-24-10-14-37(20-24)19-23-3-1-2-13-35-23/h1-9,13,17,24,26,29H,10-12,14-16,18-20H2,(H,36,39)/t24-,29?/m1/s1. The number of fused-ring (bicyclic) bond motifs is 1. The molecule has 1 unspecified atom stereocenters. The number of nitrogens with zero attached hydrogens (tertiary/aromatic N) is 3. The molecule has 216 valence electrons. The van der Waals surface area contributed by atoms with E-state index in [1.54, 1.807) is 6.20 Å². The molecule has 3 aliphatic rings. The molecule has 2 fully saturated rings. The number of rotatable bonds is 7. The predicted octanol–water partition coefficient (Wildman–Crippen LogP) is 4.84. The van der Waals surface area contributed by atoms with Gasteiger partial charge < -0.3 is 19.7 Å². The van der Waals surface area contributed by atoms with Gasteiger partial charge in [-0.15, -0.1) is 0 Å². The minimum Gasteiger partial charge on any atom is -0.490 e. The Labute approximate surface area is 237 Å². The van der Waals surface area contributed by atoms with Crippen LogP contribution in [0.2, 0.25) is 0 Å². The number of halogens is 3. The lowest BCUT2D eigenvalue weighted by atomic mass is 10.1. The predicted molar refractivity (Wildman–Crippen MR) is 148 cm³/mol. The minimum atomic E-state index is -4.33. The number of amides is 1. The lowest BCUT2D eigenvalue weighted by Gasteiger charge is -2.34. The number of hydrogen-bond acceptors (Lipinski definition) is 6. The highest BCUT2D eigenvalue weighted by atomic mass is 19.4. The molecule has 2 saturated heterocycles. The van der Waals surface area contributed by atoms with Gasteiger partial charge in [0, 0.05) is 75.5 Å². The van der Waals surface area contributed by atoms with Crippen LogP contribution in [0.4, 0.5) is 18.9 Å². The summed E-state index contributed by atoms with van der Waals surface area (Å²) in [4.78, 5) is 21.8. The van der Waals surface area contributed by atoms with Gasteiger partial charge in [0.25, 0.3) is 5.91 Å². The van der Waals surface area contributed by atoms with Crippen LogP contribution in [0, 0.1) is 0 Å². The molecular formula is C31H33F3N4O3. The van der Waals surface area contributed by atoms with E-state index < -0.39 is 17.8 Å². The normalized spacial score (nSPS) is 21.4. The Balaban J connectivity index is 0.964. The molecule has 3 aromatic rings. The summed E-state index contributed by atoms with van der Waals surface area (Å²) in [7, 11) is 0. The summed E-state index contributed by atoms with van der Waals surface area (Å²) in [5.74, 6) is 1.35. The molecule has 4 heterocycles. The zero-order valence-corrected chi connectivity index (χ0v) is 22.6. The summed E-state index contributed by atoms with van der Waals surface area (Å²) in [6, 6.07) is 17.0. The highest BCUT2D eigenvalue weighted by Gasteiger charge is 2.33. The summed E-state index contributed by atoms with van der Waals surface area (Å²) >= 11 is 0. The number of carbonyl (C=O) groups is 1. The number of anilines is 1. The molecule has 3 aliphatic heterocycles. The van der Waals surface area contributed by atoms with Crippen LogP contribution in [0.3, 0.4) is 0 Å². The molecule has 0 radical (unpaired) electrons. The van der Waals surface area contributed by atoms with Crippen molar-refractivity contribution < 1.29 is 27.4 Å². The third kappa shape index (κ3) is 6.59. The quantitative estimate of drug-likeness (QED) is 0.442. The highest BCUT2D eigenvalue weighted by Crippen LogP contribution is 2.34. The first-order valence-electron chi connectivity index (χ1n) is 14.1. The second kappa shape index (κ2) is 11.6. The van der Waals surface area contributed by atoms with E-state index in [0.29, 0.717) is 25.3 Å². The lowest BCUT2D eigenvalue weighted by Crippen LogP contribution is -2.44. The van der Waals surface area contributed by atoms with E-state index >= 15 is 0 Å². The van der Waals surface area contributed by atoms with E-state index in [-0.39, 0.29) is 18.1 Å². The van der Waals surface area contributed by atoms with Crippen molar-refractivity contribution in [3.63, 3.8) is 0 Å². The molecule has 1 N–H and O–H groups in total. The number of hydrogen-bond donors (Lipinski definition) is 1. The van der Waals surface area contributed by atoms with Gasteiger partial charge in [-0.3, -0.25) is 14.7 Å². The number of piperidine rings is 1. The Hall–Kier alpha value is -3.79. The molecule has 0 aliphatic carbocycles. The smallest absolute Gasteiger partial charge is 0.416 e. The van der Waals surface area contributed by atoms with Crippen molar-refractivity contribution in [1.29, 1.82) is 0 Å². The van der Waals surface area contributed by atoms with Crippen LogP contribution in [0.25, 0.3) is 0 Å². The van der Waals surface area contributed by atoms with Crippen molar-refractivity contribution in [3.8, 4) is 11.5 Å². The molecule has 2 atom stereocenters. The Morgan fingerprint density at radius 3 is 2.56 bits per heavy atom. The van der Waals surface area contributed by atoms with Crippen molar-refractivity contribution in [3.05, 3.63) is 83.7 Å². The first-order chi connectivity index (χ1) is 19.8. The topological polar surface area (TPSA) is 66.9 Å². The SMILES string of the molecule is O=C(N[C@@H]1CCN(Cc2ccccn2)C1)C1Cc2cc(OC3CCN(c4ccc(C(F)(F)F)cc4)CC3)ccc2O1. The van der Waals surface area contributed by atoms with Crippen LogP contribution in [0.1, 0.15) is 36.1 Å². The van der Waals surface area contributed by atoms with Crippen molar-refractivity contribution in [2.24, 2.45) is 0 Å². The molecule has 0 bridgehead atoms. The maximum Gasteiger partial charge on any atom is 0.416 e. The van der Waals surface area contributed by atoms with Crippen LogP contribution in [-0.2, 0) is 23.9 Å². The highest BCUT2D eigenvalue weighted by molar-refractivity contribution is 5.83. The summed E-state index contributed by atoms with van der Waals surface area (Å²) in [5, 5.41) is 3.16. The van der Waals surface area contributed by atoms with Crippen molar-refractivity contribution in [1.82, 2.24) is 15.2 Å². The number of benzene rings is 2. The fourth-order valence-electron chi connectivity index (χ4n) is 5.84. The molecule has 0 saturated carbocycles. The molecule has 41 heavy (non-hydrogen) atoms. The second-order valence-corrected chi connectivity index (χ2v) is 11.0. The zero-order valence-electron chi connectivity index (χ0n) is 22.6. The molecule has 2 aromatic carbocycles. The number of alkyl halides is 3. The van der Waals surface area contributed by atoms with Crippen molar-refractivity contribution in [2.75, 3.05) is 31.1 Å². The van der Waals surface area contributed by atoms with Gasteiger partial charge in [0.05, 0.1) is 11.3 Å². The molecule has 0 spiro atoms. The van der Waals surface area contributed by atoms with Crippen LogP contribution >= 0.6 is 0 Å². The molecule has 1 aromatic heterocycles. The third-order valence-corrected chi connectivity index (χ3v) is 8.03. The van der Waals surface area contributed by atoms with Crippen LogP contribution in [0.5, 0.6) is 11.5 Å². The van der Waals surface area contributed by atoms with Gasteiger partial charge in [-0.25, -0.2) is 0 Å². The van der Waals surface area contributed by atoms with Gasteiger partial charge in [-0.05, 0) is 61.0 Å². The second-order valence-electron chi connectivity index (χ2n) is 11.0. The van der Waals surface area contributed by atoms with Gasteiger partial charge in [0.2, 0.25) is 0 Å². The third-order valence-electron chi connectivity index (χ3n) is 8.03. The molecule has 10 heteroatoms. The van der Waals surface area contributed by atoms with E-state index in [1.165, 1.54) is 12.1 Å². The Morgan fingerprint density at radius 1 is 1.02 bits per heavy atom. The number of nitrogens with one attached hydrogen (secondary N) is 1. The van der Waals surface area contributed by atoms with Crippen LogP contribution < -0.4 is 19.7 Å². The maximum absolute atomic E-state index is 13.0. The number of ether oxygens (including phenoxy) is 2. The number of likely N-dealkylation sites (tertiary alicyclic amines) is 1. The summed E-state index contributed by atoms with van der Waals surface area (Å²) in [6.45, 7) is 3.88. The first-order valence-corrected chi connectivity index (χ1v) is 14.1. The number of pyridine rings is 1. The van der Waals surface area contributed by atoms with Gasteiger partial charge in [0.1, 0.15) is 17.6 Å². The monoisotopic (exact) mass is 566 g/mol.